The van der Waals surface area contributed by atoms with Crippen molar-refractivity contribution in [3.8, 4) is 55.6 Å². The van der Waals surface area contributed by atoms with E-state index in [0.29, 0.717) is 0 Å². The minimum absolute atomic E-state index is 1.17. The van der Waals surface area contributed by atoms with Crippen LogP contribution in [0, 0.1) is 13.8 Å². The zero-order valence-corrected chi connectivity index (χ0v) is 25.9. The van der Waals surface area contributed by atoms with Crippen LogP contribution in [0.1, 0.15) is 11.1 Å². The van der Waals surface area contributed by atoms with E-state index in [1.807, 2.05) is 24.8 Å². The molecule has 0 fully saturated rings. The highest BCUT2D eigenvalue weighted by molar-refractivity contribution is 6.12. The first-order valence-corrected chi connectivity index (χ1v) is 15.7. The molecule has 0 amide bonds. The van der Waals surface area contributed by atoms with Gasteiger partial charge in [0.1, 0.15) is 0 Å². The lowest BCUT2D eigenvalue weighted by Crippen LogP contribution is -1.90. The Labute approximate surface area is 269 Å². The summed E-state index contributed by atoms with van der Waals surface area (Å²) in [5.74, 6) is 0. The molecule has 2 aromatic heterocycles. The molecule has 0 atom stereocenters. The third kappa shape index (κ3) is 4.85. The second-order valence-corrected chi connectivity index (χ2v) is 12.0. The number of hydrogen-bond acceptors (Lipinski definition) is 2. The zero-order valence-electron chi connectivity index (χ0n) is 25.9. The van der Waals surface area contributed by atoms with Crippen molar-refractivity contribution in [3.63, 3.8) is 0 Å². The van der Waals surface area contributed by atoms with Crippen molar-refractivity contribution in [2.75, 3.05) is 0 Å². The molecule has 0 spiro atoms. The maximum Gasteiger partial charge on any atom is 0.0349 e. The summed E-state index contributed by atoms with van der Waals surface area (Å²) in [6, 6.07) is 48.6. The van der Waals surface area contributed by atoms with Gasteiger partial charge in [0.05, 0.1) is 0 Å². The molecule has 46 heavy (non-hydrogen) atoms. The fourth-order valence-corrected chi connectivity index (χ4v) is 6.79. The number of nitrogens with zero attached hydrogens (tertiary/aromatic N) is 2. The summed E-state index contributed by atoms with van der Waals surface area (Å²) >= 11 is 0. The highest BCUT2D eigenvalue weighted by Gasteiger charge is 2.15. The van der Waals surface area contributed by atoms with Gasteiger partial charge in [0.2, 0.25) is 0 Å². The predicted molar refractivity (Wildman–Crippen MR) is 194 cm³/mol. The molecular weight excluding hydrogens is 556 g/mol. The molecule has 8 aromatic rings. The van der Waals surface area contributed by atoms with Crippen LogP contribution in [-0.2, 0) is 0 Å². The molecule has 0 bridgehead atoms. The summed E-state index contributed by atoms with van der Waals surface area (Å²) in [6.45, 7) is 4.27. The summed E-state index contributed by atoms with van der Waals surface area (Å²) in [6.07, 6.45) is 7.61. The van der Waals surface area contributed by atoms with Gasteiger partial charge in [-0.2, -0.15) is 0 Å². The van der Waals surface area contributed by atoms with Crippen LogP contribution < -0.4 is 0 Å². The monoisotopic (exact) mass is 588 g/mol. The molecule has 0 N–H and O–H groups in total. The minimum Gasteiger partial charge on any atom is -0.264 e. The van der Waals surface area contributed by atoms with Gasteiger partial charge in [-0.1, -0.05) is 115 Å². The number of pyridine rings is 2. The number of aryl methyl sites for hydroxylation is 2. The summed E-state index contributed by atoms with van der Waals surface area (Å²) in [5, 5.41) is 4.99. The Hall–Kier alpha value is -5.86. The first kappa shape index (κ1) is 27.7. The maximum absolute atomic E-state index is 4.39. The van der Waals surface area contributed by atoms with Crippen LogP contribution in [0.25, 0.3) is 77.2 Å². The van der Waals surface area contributed by atoms with Gasteiger partial charge in [0.25, 0.3) is 0 Å². The van der Waals surface area contributed by atoms with Crippen LogP contribution in [0.2, 0.25) is 0 Å². The SMILES string of the molecule is Cc1ccncc1-c1ccc(-c2ccc(-c3ccc(-c4cccc(-c5cnccc5C)c4)c4ccccc34)c3ccccc23)cc1. The van der Waals surface area contributed by atoms with Gasteiger partial charge in [-0.05, 0) is 109 Å². The number of aromatic nitrogens is 2. The quantitative estimate of drug-likeness (QED) is 0.200. The summed E-state index contributed by atoms with van der Waals surface area (Å²) in [7, 11) is 0. The maximum atomic E-state index is 4.39. The topological polar surface area (TPSA) is 25.8 Å². The van der Waals surface area contributed by atoms with Crippen LogP contribution in [0.5, 0.6) is 0 Å². The number of rotatable bonds is 5. The van der Waals surface area contributed by atoms with Crippen LogP contribution in [0.15, 0.2) is 158 Å². The number of hydrogen-bond donors (Lipinski definition) is 0. The summed E-state index contributed by atoms with van der Waals surface area (Å²) in [5.41, 5.74) is 14.5. The van der Waals surface area contributed by atoms with Gasteiger partial charge >= 0.3 is 0 Å². The average molecular weight is 589 g/mol. The van der Waals surface area contributed by atoms with Crippen LogP contribution in [0.4, 0.5) is 0 Å². The Morgan fingerprint density at radius 2 is 0.717 bits per heavy atom. The molecule has 2 nitrogen and oxygen atoms in total. The third-order valence-corrected chi connectivity index (χ3v) is 9.21. The predicted octanol–water partition coefficient (Wildman–Crippen LogP) is 11.7. The lowest BCUT2D eigenvalue weighted by Gasteiger charge is -2.16. The van der Waals surface area contributed by atoms with Crippen LogP contribution in [-0.4, -0.2) is 9.97 Å². The molecule has 0 saturated heterocycles. The summed E-state index contributed by atoms with van der Waals surface area (Å²) in [4.78, 5) is 8.73. The van der Waals surface area contributed by atoms with Crippen molar-refractivity contribution in [2.45, 2.75) is 13.8 Å². The van der Waals surface area contributed by atoms with E-state index in [-0.39, 0.29) is 0 Å². The minimum atomic E-state index is 1.17. The van der Waals surface area contributed by atoms with Gasteiger partial charge in [-0.25, -0.2) is 0 Å². The van der Waals surface area contributed by atoms with Gasteiger partial charge in [0.15, 0.2) is 0 Å². The molecule has 8 rings (SSSR count). The first-order chi connectivity index (χ1) is 22.7. The van der Waals surface area contributed by atoms with Gasteiger partial charge in [-0.15, -0.1) is 0 Å². The van der Waals surface area contributed by atoms with Crippen molar-refractivity contribution < 1.29 is 0 Å². The third-order valence-electron chi connectivity index (χ3n) is 9.21. The standard InChI is InChI=1S/C44H32N2/c1-29-22-24-45-27-43(29)32-16-14-31(15-17-32)35-18-20-41(39-12-5-3-10-37(35)39)42-21-19-36(38-11-4-6-13-40(38)42)33-8-7-9-34(26-33)44-28-46-25-23-30(44)2/h3-28H,1-2H3. The molecule has 0 unspecified atom stereocenters. The Balaban J connectivity index is 1.23. The molecule has 2 heterocycles. The van der Waals surface area contributed by atoms with E-state index in [1.165, 1.54) is 88.3 Å². The largest absolute Gasteiger partial charge is 0.264 e. The second-order valence-electron chi connectivity index (χ2n) is 12.0. The fourth-order valence-electron chi connectivity index (χ4n) is 6.79. The average Bonchev–Trinajstić information content (AvgIpc) is 3.11. The van der Waals surface area contributed by atoms with E-state index >= 15 is 0 Å². The first-order valence-electron chi connectivity index (χ1n) is 15.7. The van der Waals surface area contributed by atoms with E-state index in [4.69, 9.17) is 0 Å². The Morgan fingerprint density at radius 3 is 1.22 bits per heavy atom. The van der Waals surface area contributed by atoms with E-state index < -0.39 is 0 Å². The van der Waals surface area contributed by atoms with E-state index in [2.05, 4.69) is 157 Å². The molecular formula is C44H32N2. The van der Waals surface area contributed by atoms with Crippen molar-refractivity contribution in [1.29, 1.82) is 0 Å². The van der Waals surface area contributed by atoms with Crippen molar-refractivity contribution >= 4 is 21.5 Å². The molecule has 6 aromatic carbocycles. The molecule has 218 valence electrons. The summed E-state index contributed by atoms with van der Waals surface area (Å²) < 4.78 is 0. The second kappa shape index (κ2) is 11.6. The van der Waals surface area contributed by atoms with Gasteiger partial charge in [-0.3, -0.25) is 9.97 Å². The fraction of sp³-hybridized carbons (Fsp3) is 0.0455. The lowest BCUT2D eigenvalue weighted by molar-refractivity contribution is 1.29. The molecule has 0 aliphatic carbocycles. The van der Waals surface area contributed by atoms with E-state index in [1.54, 1.807) is 0 Å². The van der Waals surface area contributed by atoms with Gasteiger partial charge in [0, 0.05) is 35.9 Å². The van der Waals surface area contributed by atoms with Crippen LogP contribution >= 0.6 is 0 Å². The van der Waals surface area contributed by atoms with E-state index in [9.17, 15) is 0 Å². The molecule has 0 saturated carbocycles. The molecule has 0 aliphatic rings. The Morgan fingerprint density at radius 1 is 0.326 bits per heavy atom. The molecule has 2 heteroatoms. The lowest BCUT2D eigenvalue weighted by atomic mass is 9.87. The number of fused-ring (bicyclic) bond motifs is 2. The Kier molecular flexibility index (Phi) is 6.96. The van der Waals surface area contributed by atoms with E-state index in [0.717, 1.165) is 0 Å². The normalized spacial score (nSPS) is 11.3. The Bertz CT molecular complexity index is 2380. The van der Waals surface area contributed by atoms with Crippen molar-refractivity contribution in [2.24, 2.45) is 0 Å². The highest BCUT2D eigenvalue weighted by Crippen LogP contribution is 2.41. The van der Waals surface area contributed by atoms with Crippen molar-refractivity contribution in [3.05, 3.63) is 169 Å². The van der Waals surface area contributed by atoms with Gasteiger partial charge < -0.3 is 0 Å². The van der Waals surface area contributed by atoms with Crippen molar-refractivity contribution in [1.82, 2.24) is 9.97 Å². The van der Waals surface area contributed by atoms with Crippen LogP contribution in [0.3, 0.4) is 0 Å². The zero-order chi connectivity index (χ0) is 31.0. The smallest absolute Gasteiger partial charge is 0.0349 e. The highest BCUT2D eigenvalue weighted by atomic mass is 14.6. The number of benzene rings is 6. The molecule has 0 radical (unpaired) electrons. The molecule has 0 aliphatic heterocycles.